The fourth-order valence-electron chi connectivity index (χ4n) is 2.52. The molecule has 0 unspecified atom stereocenters. The topological polar surface area (TPSA) is 58.6 Å². The van der Waals surface area contributed by atoms with E-state index >= 15 is 0 Å². The van der Waals surface area contributed by atoms with Gasteiger partial charge in [-0.2, -0.15) is 0 Å². The van der Waals surface area contributed by atoms with Gasteiger partial charge in [-0.1, -0.05) is 19.9 Å². The second-order valence-electron chi connectivity index (χ2n) is 5.80. The number of aryl methyl sites for hydroxylation is 1. The third-order valence-corrected chi connectivity index (χ3v) is 3.81. The molecule has 5 nitrogen and oxygen atoms in total. The van der Waals surface area contributed by atoms with Crippen molar-refractivity contribution in [2.24, 2.45) is 0 Å². The molecule has 0 aromatic heterocycles. The van der Waals surface area contributed by atoms with Gasteiger partial charge >= 0.3 is 6.03 Å². The van der Waals surface area contributed by atoms with Crippen LogP contribution in [0.4, 0.5) is 4.79 Å². The predicted molar refractivity (Wildman–Crippen MR) is 90.2 cm³/mol. The Labute approximate surface area is 136 Å². The molecule has 0 aliphatic carbocycles. The number of amides is 3. The number of nitrogens with one attached hydrogen (secondary N) is 1. The zero-order valence-corrected chi connectivity index (χ0v) is 14.0. The molecule has 0 atom stereocenters. The largest absolute Gasteiger partial charge is 0.496 e. The molecule has 1 fully saturated rings. The van der Waals surface area contributed by atoms with Crippen LogP contribution in [0.3, 0.4) is 0 Å². The van der Waals surface area contributed by atoms with Crippen LogP contribution in [-0.2, 0) is 4.79 Å². The van der Waals surface area contributed by atoms with E-state index in [0.717, 1.165) is 27.3 Å². The first-order valence-electron chi connectivity index (χ1n) is 7.53. The van der Waals surface area contributed by atoms with E-state index in [2.05, 4.69) is 25.7 Å². The van der Waals surface area contributed by atoms with E-state index in [9.17, 15) is 9.59 Å². The van der Waals surface area contributed by atoms with E-state index in [4.69, 9.17) is 4.74 Å². The van der Waals surface area contributed by atoms with Crippen LogP contribution in [0, 0.1) is 6.92 Å². The highest BCUT2D eigenvalue weighted by Gasteiger charge is 2.32. The summed E-state index contributed by atoms with van der Waals surface area (Å²) in [5.74, 6) is 0.778. The highest BCUT2D eigenvalue weighted by Crippen LogP contribution is 2.30. The number of hydrogen-bond donors (Lipinski definition) is 1. The van der Waals surface area contributed by atoms with Gasteiger partial charge in [0.1, 0.15) is 11.4 Å². The molecule has 0 bridgehead atoms. The van der Waals surface area contributed by atoms with E-state index in [0.29, 0.717) is 0 Å². The van der Waals surface area contributed by atoms with E-state index in [-0.39, 0.29) is 24.1 Å². The minimum absolute atomic E-state index is 0.195. The lowest BCUT2D eigenvalue weighted by atomic mass is 9.96. The van der Waals surface area contributed by atoms with Gasteiger partial charge in [0.25, 0.3) is 5.91 Å². The van der Waals surface area contributed by atoms with Crippen LogP contribution in [0.2, 0.25) is 0 Å². The SMILES string of the molecule is C=CCN1C(=O)N/C(=C/c2cc(C(C)C)c(OC)cc2C)C1=O. The molecular weight excluding hydrogens is 292 g/mol. The van der Waals surface area contributed by atoms with E-state index in [1.807, 2.05) is 19.1 Å². The molecule has 5 heteroatoms. The molecule has 0 spiro atoms. The summed E-state index contributed by atoms with van der Waals surface area (Å²) in [5, 5.41) is 2.61. The molecule has 1 aliphatic rings. The summed E-state index contributed by atoms with van der Waals surface area (Å²) in [5.41, 5.74) is 3.20. The van der Waals surface area contributed by atoms with Gasteiger partial charge in [-0.15, -0.1) is 6.58 Å². The average molecular weight is 314 g/mol. The summed E-state index contributed by atoms with van der Waals surface area (Å²) in [6, 6.07) is 3.53. The molecule has 2 rings (SSSR count). The van der Waals surface area contributed by atoms with Gasteiger partial charge in [-0.25, -0.2) is 4.79 Å². The Morgan fingerprint density at radius 1 is 1.35 bits per heavy atom. The molecule has 1 aliphatic heterocycles. The lowest BCUT2D eigenvalue weighted by Crippen LogP contribution is -2.30. The van der Waals surface area contributed by atoms with Gasteiger partial charge in [0, 0.05) is 6.54 Å². The number of ether oxygens (including phenoxy) is 1. The van der Waals surface area contributed by atoms with Gasteiger partial charge < -0.3 is 10.1 Å². The van der Waals surface area contributed by atoms with Crippen molar-refractivity contribution in [3.8, 4) is 5.75 Å². The molecule has 122 valence electrons. The van der Waals surface area contributed by atoms with E-state index in [1.165, 1.54) is 6.08 Å². The third-order valence-electron chi connectivity index (χ3n) is 3.81. The molecule has 23 heavy (non-hydrogen) atoms. The van der Waals surface area contributed by atoms with Crippen LogP contribution in [0.25, 0.3) is 6.08 Å². The van der Waals surface area contributed by atoms with Crippen molar-refractivity contribution >= 4 is 18.0 Å². The average Bonchev–Trinajstić information content (AvgIpc) is 2.76. The van der Waals surface area contributed by atoms with Crippen LogP contribution in [-0.4, -0.2) is 30.5 Å². The minimum atomic E-state index is -0.420. The second-order valence-corrected chi connectivity index (χ2v) is 5.80. The fourth-order valence-corrected chi connectivity index (χ4v) is 2.52. The van der Waals surface area contributed by atoms with E-state index < -0.39 is 6.03 Å². The van der Waals surface area contributed by atoms with Gasteiger partial charge in [0.15, 0.2) is 0 Å². The van der Waals surface area contributed by atoms with Crippen LogP contribution >= 0.6 is 0 Å². The monoisotopic (exact) mass is 314 g/mol. The summed E-state index contributed by atoms with van der Waals surface area (Å²) in [6.45, 7) is 9.86. The standard InChI is InChI=1S/C18H22N2O3/c1-6-7-20-17(21)15(19-18(20)22)10-13-9-14(11(2)3)16(23-5)8-12(13)4/h6,8-11H,1,7H2,2-5H3,(H,19,22)/b15-10+. The number of hydrogen-bond acceptors (Lipinski definition) is 3. The molecule has 1 saturated heterocycles. The molecule has 1 N–H and O–H groups in total. The fraction of sp³-hybridized carbons (Fsp3) is 0.333. The number of imide groups is 1. The molecule has 3 amide bonds. The number of nitrogens with zero attached hydrogens (tertiary/aromatic N) is 1. The van der Waals surface area contributed by atoms with Crippen LogP contribution in [0.5, 0.6) is 5.75 Å². The Balaban J connectivity index is 2.43. The van der Waals surface area contributed by atoms with Crippen LogP contribution < -0.4 is 10.1 Å². The Morgan fingerprint density at radius 2 is 2.04 bits per heavy atom. The van der Waals surface area contributed by atoms with Gasteiger partial charge in [0.2, 0.25) is 0 Å². The van der Waals surface area contributed by atoms with E-state index in [1.54, 1.807) is 13.2 Å². The highest BCUT2D eigenvalue weighted by atomic mass is 16.5. The Morgan fingerprint density at radius 3 is 2.61 bits per heavy atom. The van der Waals surface area contributed by atoms with Crippen LogP contribution in [0.15, 0.2) is 30.5 Å². The summed E-state index contributed by atoms with van der Waals surface area (Å²) in [4.78, 5) is 25.2. The first-order chi connectivity index (χ1) is 10.9. The summed E-state index contributed by atoms with van der Waals surface area (Å²) in [7, 11) is 1.65. The van der Waals surface area contributed by atoms with Crippen molar-refractivity contribution in [1.29, 1.82) is 0 Å². The van der Waals surface area contributed by atoms with Gasteiger partial charge in [-0.3, -0.25) is 9.69 Å². The summed E-state index contributed by atoms with van der Waals surface area (Å²) in [6.07, 6.45) is 3.24. The van der Waals surface area contributed by atoms with Crippen molar-refractivity contribution in [1.82, 2.24) is 10.2 Å². The molecule has 1 aromatic rings. The first kappa shape index (κ1) is 16.8. The lowest BCUT2D eigenvalue weighted by molar-refractivity contribution is -0.122. The highest BCUT2D eigenvalue weighted by molar-refractivity contribution is 6.14. The van der Waals surface area contributed by atoms with Crippen molar-refractivity contribution in [2.45, 2.75) is 26.7 Å². The number of benzene rings is 1. The van der Waals surface area contributed by atoms with Crippen molar-refractivity contribution in [3.63, 3.8) is 0 Å². The van der Waals surface area contributed by atoms with Crippen molar-refractivity contribution in [3.05, 3.63) is 47.2 Å². The number of methoxy groups -OCH3 is 1. The molecular formula is C18H22N2O3. The number of rotatable bonds is 5. The molecule has 0 saturated carbocycles. The zero-order valence-electron chi connectivity index (χ0n) is 14.0. The number of carbonyl (C=O) groups excluding carboxylic acids is 2. The molecule has 1 heterocycles. The summed E-state index contributed by atoms with van der Waals surface area (Å²) >= 11 is 0. The Kier molecular flexibility index (Phi) is 4.89. The second kappa shape index (κ2) is 6.69. The quantitative estimate of drug-likeness (QED) is 0.516. The molecule has 1 aromatic carbocycles. The summed E-state index contributed by atoms with van der Waals surface area (Å²) < 4.78 is 5.42. The maximum absolute atomic E-state index is 12.3. The minimum Gasteiger partial charge on any atom is -0.496 e. The maximum atomic E-state index is 12.3. The van der Waals surface area contributed by atoms with Gasteiger partial charge in [0.05, 0.1) is 7.11 Å². The van der Waals surface area contributed by atoms with Gasteiger partial charge in [-0.05, 0) is 47.7 Å². The smallest absolute Gasteiger partial charge is 0.329 e. The Bertz CT molecular complexity index is 690. The first-order valence-corrected chi connectivity index (χ1v) is 7.53. The zero-order chi connectivity index (χ0) is 17.1. The van der Waals surface area contributed by atoms with Crippen molar-refractivity contribution < 1.29 is 14.3 Å². The van der Waals surface area contributed by atoms with Crippen LogP contribution in [0.1, 0.15) is 36.5 Å². The normalized spacial score (nSPS) is 16.2. The molecule has 0 radical (unpaired) electrons. The van der Waals surface area contributed by atoms with Crippen molar-refractivity contribution in [2.75, 3.05) is 13.7 Å². The number of urea groups is 1. The maximum Gasteiger partial charge on any atom is 0.329 e. The number of carbonyl (C=O) groups is 2. The Hall–Kier alpha value is -2.56. The lowest BCUT2D eigenvalue weighted by Gasteiger charge is -2.15. The third kappa shape index (κ3) is 3.28. The predicted octanol–water partition coefficient (Wildman–Crippen LogP) is 3.21.